The first-order valence-electron chi connectivity index (χ1n) is 9.29. The number of halogens is 2. The van der Waals surface area contributed by atoms with E-state index < -0.39 is 23.4 Å². The molecule has 3 amide bonds. The summed E-state index contributed by atoms with van der Waals surface area (Å²) in [4.78, 5) is 31.3. The van der Waals surface area contributed by atoms with Gasteiger partial charge in [-0.25, -0.2) is 13.6 Å². The lowest BCUT2D eigenvalue weighted by molar-refractivity contribution is -0.130. The Hall–Kier alpha value is -3.07. The number of benzene rings is 1. The highest BCUT2D eigenvalue weighted by molar-refractivity contribution is 5.99. The van der Waals surface area contributed by atoms with Crippen LogP contribution >= 0.6 is 0 Å². The SMILES string of the molecule is CC(=O)N1CCN(Cc2ccc(F)c(NC(=O)Nc3ccc(C)nc3)c2F)CC1. The Bertz CT molecular complexity index is 896. The van der Waals surface area contributed by atoms with Crippen LogP contribution in [0.25, 0.3) is 0 Å². The molecule has 0 aliphatic carbocycles. The summed E-state index contributed by atoms with van der Waals surface area (Å²) in [7, 11) is 0. The molecule has 2 heterocycles. The largest absolute Gasteiger partial charge is 0.340 e. The Kier molecular flexibility index (Phi) is 6.38. The smallest absolute Gasteiger partial charge is 0.323 e. The second-order valence-electron chi connectivity index (χ2n) is 6.95. The molecule has 1 fully saturated rings. The maximum atomic E-state index is 14.9. The molecule has 2 aromatic rings. The zero-order valence-corrected chi connectivity index (χ0v) is 16.3. The number of carbonyl (C=O) groups is 2. The Balaban J connectivity index is 1.66. The van der Waals surface area contributed by atoms with Gasteiger partial charge in [0, 0.05) is 50.9 Å². The monoisotopic (exact) mass is 403 g/mol. The van der Waals surface area contributed by atoms with Crippen molar-refractivity contribution in [1.29, 1.82) is 0 Å². The van der Waals surface area contributed by atoms with E-state index in [1.54, 1.807) is 24.0 Å². The second-order valence-corrected chi connectivity index (χ2v) is 6.95. The molecule has 154 valence electrons. The van der Waals surface area contributed by atoms with Gasteiger partial charge in [-0.2, -0.15) is 0 Å². The van der Waals surface area contributed by atoms with Gasteiger partial charge in [0.15, 0.2) is 5.82 Å². The number of carbonyl (C=O) groups excluding carboxylic acids is 2. The molecule has 1 aliphatic heterocycles. The minimum atomic E-state index is -0.857. The number of nitrogens with one attached hydrogen (secondary N) is 2. The van der Waals surface area contributed by atoms with Crippen LogP contribution < -0.4 is 10.6 Å². The molecule has 9 heteroatoms. The standard InChI is InChI=1S/C20H23F2N5O2/c1-13-3-5-16(11-23-13)24-20(29)25-19-17(21)6-4-15(18(19)22)12-26-7-9-27(10-8-26)14(2)28/h3-6,11H,7-10,12H2,1-2H3,(H2,24,25,29). The third-order valence-corrected chi connectivity index (χ3v) is 4.79. The van der Waals surface area contributed by atoms with Gasteiger partial charge in [0.1, 0.15) is 11.5 Å². The summed E-state index contributed by atoms with van der Waals surface area (Å²) < 4.78 is 29.0. The van der Waals surface area contributed by atoms with Gasteiger partial charge in [-0.1, -0.05) is 6.07 Å². The fraction of sp³-hybridized carbons (Fsp3) is 0.350. The van der Waals surface area contributed by atoms with Gasteiger partial charge in [0.2, 0.25) is 5.91 Å². The first-order valence-corrected chi connectivity index (χ1v) is 9.29. The van der Waals surface area contributed by atoms with Crippen molar-refractivity contribution in [2.75, 3.05) is 36.8 Å². The number of hydrogen-bond acceptors (Lipinski definition) is 4. The minimum absolute atomic E-state index is 0.0129. The van der Waals surface area contributed by atoms with Crippen LogP contribution in [-0.2, 0) is 11.3 Å². The number of aryl methyl sites for hydroxylation is 1. The minimum Gasteiger partial charge on any atom is -0.340 e. The Labute approximate surface area is 167 Å². The highest BCUT2D eigenvalue weighted by Crippen LogP contribution is 2.24. The first kappa shape index (κ1) is 20.7. The quantitative estimate of drug-likeness (QED) is 0.823. The first-order chi connectivity index (χ1) is 13.8. The van der Waals surface area contributed by atoms with E-state index in [0.717, 1.165) is 11.8 Å². The lowest BCUT2D eigenvalue weighted by Gasteiger charge is -2.34. The van der Waals surface area contributed by atoms with Crippen molar-refractivity contribution in [1.82, 2.24) is 14.8 Å². The lowest BCUT2D eigenvalue weighted by Crippen LogP contribution is -2.47. The van der Waals surface area contributed by atoms with E-state index in [1.165, 1.54) is 19.2 Å². The van der Waals surface area contributed by atoms with Gasteiger partial charge < -0.3 is 15.5 Å². The van der Waals surface area contributed by atoms with Crippen LogP contribution in [0.2, 0.25) is 0 Å². The molecule has 1 aliphatic rings. The molecular weight excluding hydrogens is 380 g/mol. The zero-order chi connectivity index (χ0) is 21.0. The van der Waals surface area contributed by atoms with Crippen molar-refractivity contribution in [3.63, 3.8) is 0 Å². The predicted octanol–water partition coefficient (Wildman–Crippen LogP) is 2.98. The van der Waals surface area contributed by atoms with E-state index in [9.17, 15) is 18.4 Å². The summed E-state index contributed by atoms with van der Waals surface area (Å²) in [5.74, 6) is -1.65. The van der Waals surface area contributed by atoms with Crippen LogP contribution in [0.15, 0.2) is 30.5 Å². The van der Waals surface area contributed by atoms with Crippen LogP contribution in [0.4, 0.5) is 25.0 Å². The molecule has 0 radical (unpaired) electrons. The highest BCUT2D eigenvalue weighted by atomic mass is 19.1. The van der Waals surface area contributed by atoms with Gasteiger partial charge in [-0.05, 0) is 25.1 Å². The summed E-state index contributed by atoms with van der Waals surface area (Å²) in [5, 5.41) is 4.74. The fourth-order valence-electron chi connectivity index (χ4n) is 3.11. The molecule has 1 aromatic carbocycles. The van der Waals surface area contributed by atoms with Gasteiger partial charge >= 0.3 is 6.03 Å². The number of hydrogen-bond donors (Lipinski definition) is 2. The summed E-state index contributed by atoms with van der Waals surface area (Å²) in [5.41, 5.74) is 0.968. The van der Waals surface area contributed by atoms with Crippen molar-refractivity contribution in [3.05, 3.63) is 53.4 Å². The number of piperazine rings is 1. The Morgan fingerprint density at radius 1 is 1.07 bits per heavy atom. The normalized spacial score (nSPS) is 14.6. The number of rotatable bonds is 4. The van der Waals surface area contributed by atoms with Gasteiger partial charge in [-0.3, -0.25) is 14.7 Å². The molecule has 0 saturated carbocycles. The molecule has 0 unspecified atom stereocenters. The number of amides is 3. The molecule has 0 spiro atoms. The van der Waals surface area contributed by atoms with Crippen LogP contribution in [-0.4, -0.2) is 52.9 Å². The number of pyridine rings is 1. The molecule has 7 nitrogen and oxygen atoms in total. The van der Waals surface area contributed by atoms with E-state index >= 15 is 0 Å². The van der Waals surface area contributed by atoms with Crippen molar-refractivity contribution < 1.29 is 18.4 Å². The number of anilines is 2. The topological polar surface area (TPSA) is 77.6 Å². The average molecular weight is 403 g/mol. The maximum absolute atomic E-state index is 14.9. The summed E-state index contributed by atoms with van der Waals surface area (Å²) in [6.45, 7) is 5.91. The Morgan fingerprint density at radius 2 is 1.79 bits per heavy atom. The molecule has 0 atom stereocenters. The zero-order valence-electron chi connectivity index (χ0n) is 16.3. The molecule has 2 N–H and O–H groups in total. The third-order valence-electron chi connectivity index (χ3n) is 4.79. The van der Waals surface area contributed by atoms with Crippen molar-refractivity contribution in [2.45, 2.75) is 20.4 Å². The van der Waals surface area contributed by atoms with Crippen molar-refractivity contribution in [2.24, 2.45) is 0 Å². The molecular formula is C20H23F2N5O2. The van der Waals surface area contributed by atoms with Crippen LogP contribution in [0.5, 0.6) is 0 Å². The summed E-state index contributed by atoms with van der Waals surface area (Å²) in [6, 6.07) is 5.10. The summed E-state index contributed by atoms with van der Waals surface area (Å²) in [6.07, 6.45) is 1.46. The molecule has 0 bridgehead atoms. The van der Waals surface area contributed by atoms with Crippen LogP contribution in [0.1, 0.15) is 18.2 Å². The van der Waals surface area contributed by atoms with Crippen LogP contribution in [0.3, 0.4) is 0 Å². The molecule has 29 heavy (non-hydrogen) atoms. The summed E-state index contributed by atoms with van der Waals surface area (Å²) >= 11 is 0. The second kappa shape index (κ2) is 8.95. The van der Waals surface area contributed by atoms with Crippen LogP contribution in [0, 0.1) is 18.6 Å². The number of nitrogens with zero attached hydrogens (tertiary/aromatic N) is 3. The number of aromatic nitrogens is 1. The highest BCUT2D eigenvalue weighted by Gasteiger charge is 2.22. The van der Waals surface area contributed by atoms with Gasteiger partial charge in [0.05, 0.1) is 11.9 Å². The van der Waals surface area contributed by atoms with E-state index in [4.69, 9.17) is 0 Å². The average Bonchev–Trinajstić information content (AvgIpc) is 2.69. The molecule has 3 rings (SSSR count). The van der Waals surface area contributed by atoms with E-state index in [0.29, 0.717) is 31.9 Å². The van der Waals surface area contributed by atoms with Gasteiger partial charge in [-0.15, -0.1) is 0 Å². The van der Waals surface area contributed by atoms with Crippen molar-refractivity contribution in [3.8, 4) is 0 Å². The Morgan fingerprint density at radius 3 is 2.41 bits per heavy atom. The maximum Gasteiger partial charge on any atom is 0.323 e. The van der Waals surface area contributed by atoms with Gasteiger partial charge in [0.25, 0.3) is 0 Å². The molecule has 1 saturated heterocycles. The van der Waals surface area contributed by atoms with Crippen molar-refractivity contribution >= 4 is 23.3 Å². The third kappa shape index (κ3) is 5.26. The lowest BCUT2D eigenvalue weighted by atomic mass is 10.1. The molecule has 1 aromatic heterocycles. The van der Waals surface area contributed by atoms with E-state index in [-0.39, 0.29) is 18.0 Å². The predicted molar refractivity (Wildman–Crippen MR) is 106 cm³/mol. The van der Waals surface area contributed by atoms with E-state index in [1.807, 2.05) is 4.90 Å². The fourth-order valence-corrected chi connectivity index (χ4v) is 3.11. The van der Waals surface area contributed by atoms with E-state index in [2.05, 4.69) is 15.6 Å². The number of urea groups is 1.